The average Bonchev–Trinajstić information content (AvgIpc) is 2.67. The van der Waals surface area contributed by atoms with Crippen LogP contribution >= 0.6 is 0 Å². The van der Waals surface area contributed by atoms with Crippen molar-refractivity contribution in [1.82, 2.24) is 0 Å². The highest BCUT2D eigenvalue weighted by Crippen LogP contribution is 2.21. The van der Waals surface area contributed by atoms with E-state index >= 15 is 0 Å². The topological polar surface area (TPSA) is 64.6 Å². The number of rotatable bonds is 8. The van der Waals surface area contributed by atoms with Gasteiger partial charge in [0.25, 0.3) is 5.91 Å². The second kappa shape index (κ2) is 10.1. The largest absolute Gasteiger partial charge is 0.452 e. The maximum Gasteiger partial charge on any atom is 0.411 e. The number of halogens is 3. The fraction of sp³-hybridized carbons (Fsp3) is 0.333. The summed E-state index contributed by atoms with van der Waals surface area (Å²) in [4.78, 5) is 24.2. The second-order valence-electron chi connectivity index (χ2n) is 6.39. The standard InChI is InChI=1S/C21H22F3NO4/c1-3-16-6-4-5-14(2)19(16)25-18(26)12-29-20(27)17-9-7-15(8-10-17)11-28-13-21(22,23)24/h4-10H,3,11-13H2,1-2H3,(H,25,26). The number of carbonyl (C=O) groups is 2. The van der Waals surface area contributed by atoms with Gasteiger partial charge in [-0.3, -0.25) is 4.79 Å². The van der Waals surface area contributed by atoms with Crippen molar-refractivity contribution in [2.45, 2.75) is 33.1 Å². The van der Waals surface area contributed by atoms with Crippen LogP contribution in [0.5, 0.6) is 0 Å². The van der Waals surface area contributed by atoms with Crippen molar-refractivity contribution in [3.05, 3.63) is 64.7 Å². The van der Waals surface area contributed by atoms with E-state index < -0.39 is 31.3 Å². The molecule has 0 unspecified atom stereocenters. The SMILES string of the molecule is CCc1cccc(C)c1NC(=O)COC(=O)c1ccc(COCC(F)(F)F)cc1. The molecule has 0 radical (unpaired) electrons. The minimum absolute atomic E-state index is 0.183. The summed E-state index contributed by atoms with van der Waals surface area (Å²) in [6, 6.07) is 11.4. The Morgan fingerprint density at radius 3 is 2.38 bits per heavy atom. The van der Waals surface area contributed by atoms with Crippen molar-refractivity contribution in [2.75, 3.05) is 18.5 Å². The van der Waals surface area contributed by atoms with Crippen LogP contribution in [0.3, 0.4) is 0 Å². The number of alkyl halides is 3. The van der Waals surface area contributed by atoms with Crippen LogP contribution in [0.15, 0.2) is 42.5 Å². The maximum atomic E-state index is 12.1. The highest BCUT2D eigenvalue weighted by Gasteiger charge is 2.27. The Bertz CT molecular complexity index is 848. The van der Waals surface area contributed by atoms with E-state index in [4.69, 9.17) is 4.74 Å². The minimum atomic E-state index is -4.39. The van der Waals surface area contributed by atoms with Crippen LogP contribution in [0.1, 0.15) is 34.0 Å². The Kier molecular flexibility index (Phi) is 7.78. The van der Waals surface area contributed by atoms with Crippen molar-refractivity contribution in [3.63, 3.8) is 0 Å². The van der Waals surface area contributed by atoms with E-state index in [1.807, 2.05) is 32.0 Å². The molecular weight excluding hydrogens is 387 g/mol. The van der Waals surface area contributed by atoms with Crippen molar-refractivity contribution in [3.8, 4) is 0 Å². The maximum absolute atomic E-state index is 12.1. The van der Waals surface area contributed by atoms with Crippen molar-refractivity contribution >= 4 is 17.6 Å². The molecule has 2 rings (SSSR count). The van der Waals surface area contributed by atoms with Gasteiger partial charge in [-0.05, 0) is 42.2 Å². The van der Waals surface area contributed by atoms with Gasteiger partial charge in [-0.2, -0.15) is 13.2 Å². The van der Waals surface area contributed by atoms with Gasteiger partial charge in [-0.1, -0.05) is 37.3 Å². The molecular formula is C21H22F3NO4. The van der Waals surface area contributed by atoms with Gasteiger partial charge in [0.2, 0.25) is 0 Å². The summed E-state index contributed by atoms with van der Waals surface area (Å²) >= 11 is 0. The number of carbonyl (C=O) groups excluding carboxylic acids is 2. The molecule has 0 saturated carbocycles. The van der Waals surface area contributed by atoms with E-state index in [2.05, 4.69) is 10.1 Å². The van der Waals surface area contributed by atoms with Crippen LogP contribution in [0.25, 0.3) is 0 Å². The molecule has 2 aromatic rings. The molecule has 0 bridgehead atoms. The van der Waals surface area contributed by atoms with E-state index in [-0.39, 0.29) is 12.2 Å². The Balaban J connectivity index is 1.85. The average molecular weight is 409 g/mol. The molecule has 0 fully saturated rings. The number of hydrogen-bond donors (Lipinski definition) is 1. The van der Waals surface area contributed by atoms with Crippen LogP contribution in [0.4, 0.5) is 18.9 Å². The Morgan fingerprint density at radius 1 is 1.07 bits per heavy atom. The van der Waals surface area contributed by atoms with Crippen molar-refractivity contribution < 1.29 is 32.2 Å². The van der Waals surface area contributed by atoms with E-state index in [9.17, 15) is 22.8 Å². The molecule has 0 aliphatic heterocycles. The van der Waals surface area contributed by atoms with Gasteiger partial charge in [0.05, 0.1) is 12.2 Å². The summed E-state index contributed by atoms with van der Waals surface area (Å²) in [5.41, 5.74) is 3.26. The number of hydrogen-bond acceptors (Lipinski definition) is 4. The lowest BCUT2D eigenvalue weighted by atomic mass is 10.1. The van der Waals surface area contributed by atoms with Gasteiger partial charge in [-0.25, -0.2) is 4.79 Å². The first-order valence-electron chi connectivity index (χ1n) is 8.98. The molecule has 0 saturated heterocycles. The summed E-state index contributed by atoms with van der Waals surface area (Å²) in [6.45, 7) is 1.83. The molecule has 8 heteroatoms. The highest BCUT2D eigenvalue weighted by molar-refractivity contribution is 5.96. The predicted octanol–water partition coefficient (Wildman–Crippen LogP) is 4.43. The molecule has 2 aromatic carbocycles. The highest BCUT2D eigenvalue weighted by atomic mass is 19.4. The summed E-state index contributed by atoms with van der Waals surface area (Å²) < 4.78 is 45.7. The Labute approximate surface area is 166 Å². The molecule has 1 N–H and O–H groups in total. The molecule has 0 heterocycles. The number of anilines is 1. The number of esters is 1. The number of para-hydroxylation sites is 1. The fourth-order valence-electron chi connectivity index (χ4n) is 2.61. The molecule has 5 nitrogen and oxygen atoms in total. The lowest BCUT2D eigenvalue weighted by molar-refractivity contribution is -0.176. The van der Waals surface area contributed by atoms with Crippen LogP contribution in [0, 0.1) is 6.92 Å². The predicted molar refractivity (Wildman–Crippen MR) is 102 cm³/mol. The Hall–Kier alpha value is -2.87. The smallest absolute Gasteiger partial charge is 0.411 e. The summed E-state index contributed by atoms with van der Waals surface area (Å²) in [5, 5.41) is 2.76. The van der Waals surface area contributed by atoms with Gasteiger partial charge < -0.3 is 14.8 Å². The molecule has 1 amide bonds. The number of ether oxygens (including phenoxy) is 2. The van der Waals surface area contributed by atoms with Crippen LogP contribution in [-0.2, 0) is 27.3 Å². The number of aryl methyl sites for hydroxylation is 2. The van der Waals surface area contributed by atoms with Crippen LogP contribution in [-0.4, -0.2) is 31.3 Å². The Morgan fingerprint density at radius 2 is 1.76 bits per heavy atom. The first-order chi connectivity index (χ1) is 13.7. The molecule has 0 spiro atoms. The van der Waals surface area contributed by atoms with Crippen molar-refractivity contribution in [2.24, 2.45) is 0 Å². The lowest BCUT2D eigenvalue weighted by Crippen LogP contribution is -2.22. The van der Waals surface area contributed by atoms with Gasteiger partial charge in [0.1, 0.15) is 6.61 Å². The van der Waals surface area contributed by atoms with Gasteiger partial charge in [-0.15, -0.1) is 0 Å². The zero-order valence-corrected chi connectivity index (χ0v) is 16.1. The quantitative estimate of drug-likeness (QED) is 0.655. The molecule has 0 aromatic heterocycles. The zero-order valence-electron chi connectivity index (χ0n) is 16.1. The molecule has 29 heavy (non-hydrogen) atoms. The third-order valence-electron chi connectivity index (χ3n) is 4.06. The third kappa shape index (κ3) is 7.23. The molecule has 156 valence electrons. The van der Waals surface area contributed by atoms with Gasteiger partial charge in [0.15, 0.2) is 6.61 Å². The third-order valence-corrected chi connectivity index (χ3v) is 4.06. The lowest BCUT2D eigenvalue weighted by Gasteiger charge is -2.13. The van der Waals surface area contributed by atoms with E-state index in [1.54, 1.807) is 0 Å². The monoisotopic (exact) mass is 409 g/mol. The first kappa shape index (κ1) is 22.4. The van der Waals surface area contributed by atoms with Gasteiger partial charge in [0, 0.05) is 5.69 Å². The van der Waals surface area contributed by atoms with E-state index in [0.717, 1.165) is 17.5 Å². The van der Waals surface area contributed by atoms with E-state index in [1.165, 1.54) is 24.3 Å². The first-order valence-corrected chi connectivity index (χ1v) is 8.98. The van der Waals surface area contributed by atoms with E-state index in [0.29, 0.717) is 11.3 Å². The number of amides is 1. The fourth-order valence-corrected chi connectivity index (χ4v) is 2.61. The second-order valence-corrected chi connectivity index (χ2v) is 6.39. The minimum Gasteiger partial charge on any atom is -0.452 e. The molecule has 0 atom stereocenters. The zero-order chi connectivity index (χ0) is 21.4. The van der Waals surface area contributed by atoms with Gasteiger partial charge >= 0.3 is 12.1 Å². The summed E-state index contributed by atoms with van der Waals surface area (Å²) in [5.74, 6) is -1.16. The summed E-state index contributed by atoms with van der Waals surface area (Å²) in [7, 11) is 0. The molecule has 0 aliphatic carbocycles. The number of nitrogens with one attached hydrogen (secondary N) is 1. The molecule has 0 aliphatic rings. The summed E-state index contributed by atoms with van der Waals surface area (Å²) in [6.07, 6.45) is -3.64. The number of benzene rings is 2. The van der Waals surface area contributed by atoms with Crippen molar-refractivity contribution in [1.29, 1.82) is 0 Å². The van der Waals surface area contributed by atoms with Crippen LogP contribution in [0.2, 0.25) is 0 Å². The van der Waals surface area contributed by atoms with Crippen LogP contribution < -0.4 is 5.32 Å². The normalized spacial score (nSPS) is 11.2.